The Morgan fingerprint density at radius 1 is 0.950 bits per heavy atom. The van der Waals surface area contributed by atoms with Gasteiger partial charge in [0.25, 0.3) is 0 Å². The summed E-state index contributed by atoms with van der Waals surface area (Å²) in [5.41, 5.74) is 0. The first kappa shape index (κ1) is 15.8. The molecule has 2 saturated carbocycles. The Hall–Kier alpha value is -0.560. The van der Waals surface area contributed by atoms with Crippen molar-refractivity contribution in [3.63, 3.8) is 0 Å². The fourth-order valence-corrected chi connectivity index (χ4v) is 4.13. The first-order valence-electron chi connectivity index (χ1n) is 8.68. The Kier molecular flexibility index (Phi) is 6.86. The second-order valence-electron chi connectivity index (χ2n) is 6.69. The van der Waals surface area contributed by atoms with Crippen LogP contribution in [0.25, 0.3) is 0 Å². The molecule has 0 saturated heterocycles. The van der Waals surface area contributed by atoms with Crippen molar-refractivity contribution < 1.29 is 4.74 Å². The number of rotatable bonds is 6. The van der Waals surface area contributed by atoms with Gasteiger partial charge in [-0.25, -0.2) is 0 Å². The maximum Gasteiger partial charge on any atom is 0.0575 e. The minimum absolute atomic E-state index is 0.533. The number of hydrogen-bond donors (Lipinski definition) is 0. The van der Waals surface area contributed by atoms with E-state index in [1.165, 1.54) is 51.4 Å². The van der Waals surface area contributed by atoms with E-state index in [-0.39, 0.29) is 0 Å². The van der Waals surface area contributed by atoms with Crippen LogP contribution in [0.2, 0.25) is 0 Å². The van der Waals surface area contributed by atoms with Gasteiger partial charge in [-0.1, -0.05) is 18.2 Å². The van der Waals surface area contributed by atoms with E-state index in [0.29, 0.717) is 6.10 Å². The molecule has 2 aliphatic carbocycles. The van der Waals surface area contributed by atoms with Gasteiger partial charge in [0, 0.05) is 0 Å². The summed E-state index contributed by atoms with van der Waals surface area (Å²) in [7, 11) is 0. The first-order valence-corrected chi connectivity index (χ1v) is 8.68. The Bertz CT molecular complexity index is 291. The van der Waals surface area contributed by atoms with E-state index < -0.39 is 0 Å². The van der Waals surface area contributed by atoms with Crippen LogP contribution in [0.1, 0.15) is 64.7 Å². The molecule has 114 valence electrons. The van der Waals surface area contributed by atoms with Crippen LogP contribution >= 0.6 is 0 Å². The van der Waals surface area contributed by atoms with Gasteiger partial charge in [-0.05, 0) is 82.5 Å². The zero-order chi connectivity index (χ0) is 14.2. The van der Waals surface area contributed by atoms with E-state index in [9.17, 15) is 0 Å². The van der Waals surface area contributed by atoms with E-state index in [2.05, 4.69) is 25.7 Å². The molecule has 0 aromatic heterocycles. The number of hydrogen-bond acceptors (Lipinski definition) is 1. The van der Waals surface area contributed by atoms with E-state index in [1.54, 1.807) is 0 Å². The van der Waals surface area contributed by atoms with Crippen LogP contribution in [0.5, 0.6) is 0 Å². The molecule has 2 fully saturated rings. The summed E-state index contributed by atoms with van der Waals surface area (Å²) in [6, 6.07) is 0. The third-order valence-electron chi connectivity index (χ3n) is 5.34. The Labute approximate surface area is 125 Å². The largest absolute Gasteiger partial charge is 0.378 e. The molecule has 0 radical (unpaired) electrons. The average Bonchev–Trinajstić information content (AvgIpc) is 2.49. The third kappa shape index (κ3) is 4.77. The highest BCUT2D eigenvalue weighted by atomic mass is 16.5. The molecule has 1 nitrogen and oxygen atoms in total. The lowest BCUT2D eigenvalue weighted by molar-refractivity contribution is 0.00985. The molecule has 1 heteroatoms. The highest BCUT2D eigenvalue weighted by Crippen LogP contribution is 2.40. The summed E-state index contributed by atoms with van der Waals surface area (Å²) in [6.45, 7) is 6.77. The van der Waals surface area contributed by atoms with Gasteiger partial charge in [0.05, 0.1) is 12.7 Å². The first-order chi connectivity index (χ1) is 9.83. The smallest absolute Gasteiger partial charge is 0.0575 e. The molecule has 0 aromatic rings. The summed E-state index contributed by atoms with van der Waals surface area (Å²) in [5, 5.41) is 0. The predicted molar refractivity (Wildman–Crippen MR) is 86.8 cm³/mol. The maximum absolute atomic E-state index is 5.93. The quantitative estimate of drug-likeness (QED) is 0.458. The van der Waals surface area contributed by atoms with E-state index in [1.807, 2.05) is 6.08 Å². The molecule has 0 aromatic carbocycles. The molecule has 0 spiro atoms. The standard InChI is InChI=1S/C19H32O/c1-3-5-15-20-19-13-11-18(12-14-19)17-9-7-16(6-4-2)8-10-17/h3-4,6,16-19H,1,5,7-15H2,2H3/b6-4+. The highest BCUT2D eigenvalue weighted by Gasteiger charge is 2.30. The SMILES string of the molecule is C=CCCOC1CCC(C2CCC(/C=C/C)CC2)CC1. The topological polar surface area (TPSA) is 9.23 Å². The monoisotopic (exact) mass is 276 g/mol. The second-order valence-corrected chi connectivity index (χ2v) is 6.69. The van der Waals surface area contributed by atoms with Crippen LogP contribution in [0.3, 0.4) is 0 Å². The van der Waals surface area contributed by atoms with Crippen molar-refractivity contribution in [2.45, 2.75) is 70.8 Å². The summed E-state index contributed by atoms with van der Waals surface area (Å²) in [6.07, 6.45) is 19.3. The van der Waals surface area contributed by atoms with Crippen LogP contribution in [0.15, 0.2) is 24.8 Å². The summed E-state index contributed by atoms with van der Waals surface area (Å²) >= 11 is 0. The summed E-state index contributed by atoms with van der Waals surface area (Å²) < 4.78 is 5.93. The van der Waals surface area contributed by atoms with Crippen molar-refractivity contribution in [3.8, 4) is 0 Å². The average molecular weight is 276 g/mol. The van der Waals surface area contributed by atoms with Crippen LogP contribution in [-0.4, -0.2) is 12.7 Å². The van der Waals surface area contributed by atoms with Crippen LogP contribution in [0.4, 0.5) is 0 Å². The minimum atomic E-state index is 0.533. The van der Waals surface area contributed by atoms with E-state index in [0.717, 1.165) is 30.8 Å². The maximum atomic E-state index is 5.93. The van der Waals surface area contributed by atoms with Gasteiger partial charge >= 0.3 is 0 Å². The lowest BCUT2D eigenvalue weighted by Crippen LogP contribution is -2.28. The Balaban J connectivity index is 1.65. The normalized spacial score (nSPS) is 35.2. The molecule has 0 N–H and O–H groups in total. The summed E-state index contributed by atoms with van der Waals surface area (Å²) in [4.78, 5) is 0. The van der Waals surface area contributed by atoms with Crippen molar-refractivity contribution in [1.29, 1.82) is 0 Å². The molecule has 0 heterocycles. The lowest BCUT2D eigenvalue weighted by Gasteiger charge is -2.37. The zero-order valence-corrected chi connectivity index (χ0v) is 13.2. The second kappa shape index (κ2) is 8.67. The minimum Gasteiger partial charge on any atom is -0.378 e. The van der Waals surface area contributed by atoms with Gasteiger partial charge in [0.1, 0.15) is 0 Å². The zero-order valence-electron chi connectivity index (χ0n) is 13.2. The van der Waals surface area contributed by atoms with Crippen molar-refractivity contribution in [2.24, 2.45) is 17.8 Å². The van der Waals surface area contributed by atoms with Crippen molar-refractivity contribution in [1.82, 2.24) is 0 Å². The van der Waals surface area contributed by atoms with E-state index in [4.69, 9.17) is 4.74 Å². The molecule has 0 aliphatic heterocycles. The number of ether oxygens (including phenoxy) is 1. The van der Waals surface area contributed by atoms with Crippen LogP contribution in [-0.2, 0) is 4.74 Å². The van der Waals surface area contributed by atoms with Gasteiger partial charge in [-0.15, -0.1) is 6.58 Å². The fourth-order valence-electron chi connectivity index (χ4n) is 4.13. The van der Waals surface area contributed by atoms with Crippen molar-refractivity contribution in [3.05, 3.63) is 24.8 Å². The summed E-state index contributed by atoms with van der Waals surface area (Å²) in [5.74, 6) is 2.86. The Morgan fingerprint density at radius 2 is 1.55 bits per heavy atom. The molecular formula is C19H32O. The molecule has 2 rings (SSSR count). The van der Waals surface area contributed by atoms with Gasteiger partial charge in [-0.2, -0.15) is 0 Å². The third-order valence-corrected chi connectivity index (χ3v) is 5.34. The van der Waals surface area contributed by atoms with Gasteiger partial charge < -0.3 is 4.74 Å². The van der Waals surface area contributed by atoms with Crippen LogP contribution in [0, 0.1) is 17.8 Å². The highest BCUT2D eigenvalue weighted by molar-refractivity contribution is 4.90. The van der Waals surface area contributed by atoms with Gasteiger partial charge in [0.2, 0.25) is 0 Å². The van der Waals surface area contributed by atoms with Crippen molar-refractivity contribution >= 4 is 0 Å². The molecule has 2 aliphatic rings. The molecule has 20 heavy (non-hydrogen) atoms. The molecule has 0 unspecified atom stereocenters. The molecule has 0 amide bonds. The Morgan fingerprint density at radius 3 is 2.10 bits per heavy atom. The van der Waals surface area contributed by atoms with Gasteiger partial charge in [-0.3, -0.25) is 0 Å². The van der Waals surface area contributed by atoms with Gasteiger partial charge in [0.15, 0.2) is 0 Å². The number of allylic oxidation sites excluding steroid dienone is 2. The predicted octanol–water partition coefficient (Wildman–Crippen LogP) is 5.52. The lowest BCUT2D eigenvalue weighted by atomic mass is 9.70. The molecular weight excluding hydrogens is 244 g/mol. The molecule has 0 bridgehead atoms. The van der Waals surface area contributed by atoms with E-state index >= 15 is 0 Å². The molecule has 0 atom stereocenters. The van der Waals surface area contributed by atoms with Crippen molar-refractivity contribution in [2.75, 3.05) is 6.61 Å². The van der Waals surface area contributed by atoms with Crippen LogP contribution < -0.4 is 0 Å². The fraction of sp³-hybridized carbons (Fsp3) is 0.789.